The maximum Gasteiger partial charge on any atom is 0.255 e. The number of carbonyl (C=O) groups excluding carboxylic acids is 1. The molecular weight excluding hydrogens is 272 g/mol. The van der Waals surface area contributed by atoms with Gasteiger partial charge in [-0.2, -0.15) is 0 Å². The van der Waals surface area contributed by atoms with Crippen LogP contribution in [0.15, 0.2) is 16.0 Å². The molecule has 0 saturated carbocycles. The minimum Gasteiger partial charge on any atom is -0.361 e. The SMILES string of the molecule is Cc1cc(CN(C)C(=O)c2csc3c2CCCC3)no1. The van der Waals surface area contributed by atoms with E-state index in [9.17, 15) is 4.79 Å². The van der Waals surface area contributed by atoms with Crippen LogP contribution in [0.2, 0.25) is 0 Å². The van der Waals surface area contributed by atoms with Crippen LogP contribution < -0.4 is 0 Å². The van der Waals surface area contributed by atoms with E-state index in [4.69, 9.17) is 4.52 Å². The lowest BCUT2D eigenvalue weighted by atomic mass is 9.95. The van der Waals surface area contributed by atoms with Gasteiger partial charge in [0.05, 0.1) is 12.1 Å². The second-order valence-corrected chi connectivity index (χ2v) is 6.31. The van der Waals surface area contributed by atoms with Crippen LogP contribution >= 0.6 is 11.3 Å². The van der Waals surface area contributed by atoms with E-state index in [-0.39, 0.29) is 5.91 Å². The van der Waals surface area contributed by atoms with Gasteiger partial charge in [-0.05, 0) is 38.2 Å². The Balaban J connectivity index is 1.76. The van der Waals surface area contributed by atoms with Gasteiger partial charge in [-0.25, -0.2) is 0 Å². The molecule has 4 nitrogen and oxygen atoms in total. The van der Waals surface area contributed by atoms with Crippen LogP contribution in [0.25, 0.3) is 0 Å². The first kappa shape index (κ1) is 13.4. The molecule has 0 aromatic carbocycles. The number of hydrogen-bond donors (Lipinski definition) is 0. The van der Waals surface area contributed by atoms with Crippen LogP contribution in [0.4, 0.5) is 0 Å². The highest BCUT2D eigenvalue weighted by atomic mass is 32.1. The van der Waals surface area contributed by atoms with Crippen LogP contribution in [-0.4, -0.2) is 23.0 Å². The molecular formula is C15H18N2O2S. The summed E-state index contributed by atoms with van der Waals surface area (Å²) >= 11 is 1.73. The molecule has 2 heterocycles. The van der Waals surface area contributed by atoms with E-state index in [0.717, 1.165) is 29.9 Å². The average molecular weight is 290 g/mol. The zero-order chi connectivity index (χ0) is 14.1. The summed E-state index contributed by atoms with van der Waals surface area (Å²) < 4.78 is 5.04. The van der Waals surface area contributed by atoms with E-state index >= 15 is 0 Å². The number of aryl methyl sites for hydroxylation is 2. The monoisotopic (exact) mass is 290 g/mol. The molecule has 1 amide bonds. The Morgan fingerprint density at radius 1 is 1.45 bits per heavy atom. The molecule has 0 aliphatic heterocycles. The van der Waals surface area contributed by atoms with Crippen LogP contribution in [0.5, 0.6) is 0 Å². The minimum absolute atomic E-state index is 0.0880. The van der Waals surface area contributed by atoms with Crippen molar-refractivity contribution in [1.29, 1.82) is 0 Å². The van der Waals surface area contributed by atoms with E-state index in [1.807, 2.05) is 25.4 Å². The zero-order valence-corrected chi connectivity index (χ0v) is 12.6. The molecule has 3 rings (SSSR count). The molecule has 0 saturated heterocycles. The van der Waals surface area contributed by atoms with Gasteiger partial charge in [-0.1, -0.05) is 5.16 Å². The highest BCUT2D eigenvalue weighted by Crippen LogP contribution is 2.30. The van der Waals surface area contributed by atoms with Crippen LogP contribution in [0.1, 0.15) is 45.1 Å². The summed E-state index contributed by atoms with van der Waals surface area (Å²) in [7, 11) is 1.82. The average Bonchev–Trinajstić information content (AvgIpc) is 3.04. The molecule has 20 heavy (non-hydrogen) atoms. The molecule has 106 valence electrons. The van der Waals surface area contributed by atoms with E-state index < -0.39 is 0 Å². The topological polar surface area (TPSA) is 46.3 Å². The van der Waals surface area contributed by atoms with Gasteiger partial charge in [0, 0.05) is 23.4 Å². The lowest BCUT2D eigenvalue weighted by Gasteiger charge is -2.18. The Labute approximate surface area is 122 Å². The Bertz CT molecular complexity index is 630. The maximum absolute atomic E-state index is 12.6. The van der Waals surface area contributed by atoms with Crippen LogP contribution in [0, 0.1) is 6.92 Å². The van der Waals surface area contributed by atoms with E-state index in [1.54, 1.807) is 16.2 Å². The van der Waals surface area contributed by atoms with Gasteiger partial charge in [0.2, 0.25) is 0 Å². The third-order valence-corrected chi connectivity index (χ3v) is 4.80. The lowest BCUT2D eigenvalue weighted by molar-refractivity contribution is 0.0781. The summed E-state index contributed by atoms with van der Waals surface area (Å²) in [5.74, 6) is 0.860. The Hall–Kier alpha value is -1.62. The molecule has 0 bridgehead atoms. The standard InChI is InChI=1S/C15H18N2O2S/c1-10-7-11(16-19-10)8-17(2)15(18)13-9-20-14-6-4-3-5-12(13)14/h7,9H,3-6,8H2,1-2H3. The number of nitrogens with zero attached hydrogens (tertiary/aromatic N) is 2. The zero-order valence-electron chi connectivity index (χ0n) is 11.8. The van der Waals surface area contributed by atoms with Gasteiger partial charge in [0.25, 0.3) is 5.91 Å². The fourth-order valence-electron chi connectivity index (χ4n) is 2.69. The first-order chi connectivity index (χ1) is 9.65. The highest BCUT2D eigenvalue weighted by Gasteiger charge is 2.22. The van der Waals surface area contributed by atoms with Crippen molar-refractivity contribution in [2.75, 3.05) is 7.05 Å². The molecule has 1 aliphatic rings. The summed E-state index contributed by atoms with van der Waals surface area (Å²) in [5, 5.41) is 5.96. The highest BCUT2D eigenvalue weighted by molar-refractivity contribution is 7.10. The summed E-state index contributed by atoms with van der Waals surface area (Å²) in [5.41, 5.74) is 2.95. The summed E-state index contributed by atoms with van der Waals surface area (Å²) in [6.45, 7) is 2.34. The van der Waals surface area contributed by atoms with Gasteiger partial charge in [0.1, 0.15) is 11.5 Å². The first-order valence-corrected chi connectivity index (χ1v) is 7.80. The van der Waals surface area contributed by atoms with Gasteiger partial charge in [-0.15, -0.1) is 11.3 Å². The molecule has 0 radical (unpaired) electrons. The number of hydrogen-bond acceptors (Lipinski definition) is 4. The van der Waals surface area contributed by atoms with Crippen molar-refractivity contribution in [3.8, 4) is 0 Å². The van der Waals surface area contributed by atoms with Crippen molar-refractivity contribution < 1.29 is 9.32 Å². The number of fused-ring (bicyclic) bond motifs is 1. The largest absolute Gasteiger partial charge is 0.361 e. The second-order valence-electron chi connectivity index (χ2n) is 5.35. The van der Waals surface area contributed by atoms with Gasteiger partial charge in [-0.3, -0.25) is 4.79 Å². The van der Waals surface area contributed by atoms with Gasteiger partial charge in [0.15, 0.2) is 0 Å². The molecule has 0 atom stereocenters. The van der Waals surface area contributed by atoms with E-state index in [0.29, 0.717) is 6.54 Å². The smallest absolute Gasteiger partial charge is 0.255 e. The third kappa shape index (κ3) is 2.50. The minimum atomic E-state index is 0.0880. The number of aromatic nitrogens is 1. The normalized spacial score (nSPS) is 14.1. The summed E-state index contributed by atoms with van der Waals surface area (Å²) in [4.78, 5) is 15.7. The quantitative estimate of drug-likeness (QED) is 0.872. The molecule has 2 aromatic rings. The Kier molecular flexibility index (Phi) is 3.61. The summed E-state index contributed by atoms with van der Waals surface area (Å²) in [6, 6.07) is 1.87. The fourth-order valence-corrected chi connectivity index (χ4v) is 3.81. The first-order valence-electron chi connectivity index (χ1n) is 6.92. The number of amides is 1. The predicted molar refractivity (Wildman–Crippen MR) is 78.0 cm³/mol. The van der Waals surface area contributed by atoms with Gasteiger partial charge >= 0.3 is 0 Å². The molecule has 0 fully saturated rings. The van der Waals surface area contributed by atoms with Crippen molar-refractivity contribution in [3.05, 3.63) is 38.9 Å². The maximum atomic E-state index is 12.6. The van der Waals surface area contributed by atoms with E-state index in [1.165, 1.54) is 23.3 Å². The van der Waals surface area contributed by atoms with Crippen LogP contribution in [0.3, 0.4) is 0 Å². The van der Waals surface area contributed by atoms with Crippen molar-refractivity contribution in [2.45, 2.75) is 39.2 Å². The lowest BCUT2D eigenvalue weighted by Crippen LogP contribution is -2.27. The molecule has 0 unspecified atom stereocenters. The Morgan fingerprint density at radius 2 is 2.25 bits per heavy atom. The molecule has 5 heteroatoms. The molecule has 0 N–H and O–H groups in total. The van der Waals surface area contributed by atoms with Gasteiger partial charge < -0.3 is 9.42 Å². The molecule has 2 aromatic heterocycles. The molecule has 1 aliphatic carbocycles. The van der Waals surface area contributed by atoms with Crippen LogP contribution in [-0.2, 0) is 19.4 Å². The van der Waals surface area contributed by atoms with Crippen molar-refractivity contribution in [1.82, 2.24) is 10.1 Å². The van der Waals surface area contributed by atoms with Crippen molar-refractivity contribution in [3.63, 3.8) is 0 Å². The molecule has 0 spiro atoms. The van der Waals surface area contributed by atoms with Crippen molar-refractivity contribution in [2.24, 2.45) is 0 Å². The third-order valence-electron chi connectivity index (χ3n) is 3.71. The number of carbonyl (C=O) groups is 1. The second kappa shape index (κ2) is 5.40. The fraction of sp³-hybridized carbons (Fsp3) is 0.467. The number of rotatable bonds is 3. The number of thiophene rings is 1. The Morgan fingerprint density at radius 3 is 3.00 bits per heavy atom. The predicted octanol–water partition coefficient (Wildman–Crippen LogP) is 3.20. The van der Waals surface area contributed by atoms with E-state index in [2.05, 4.69) is 5.16 Å². The van der Waals surface area contributed by atoms with Crippen molar-refractivity contribution >= 4 is 17.2 Å². The summed E-state index contributed by atoms with van der Waals surface area (Å²) in [6.07, 6.45) is 4.60.